The highest BCUT2D eigenvalue weighted by molar-refractivity contribution is 6.30. The smallest absolute Gasteiger partial charge is 0.243 e. The molecular weight excluding hydrogens is 384 g/mol. The molecule has 2 aromatic carbocycles. The van der Waals surface area contributed by atoms with Gasteiger partial charge < -0.3 is 10.2 Å². The fourth-order valence-corrected chi connectivity index (χ4v) is 3.37. The molecular formula is C24H31ClN2O2. The molecule has 2 aromatic rings. The summed E-state index contributed by atoms with van der Waals surface area (Å²) >= 11 is 6.00. The third-order valence-corrected chi connectivity index (χ3v) is 5.34. The minimum absolute atomic E-state index is 0.0586. The number of carbonyl (C=O) groups excluding carboxylic acids is 2. The summed E-state index contributed by atoms with van der Waals surface area (Å²) in [5.74, 6) is -0.162. The molecule has 0 aliphatic rings. The largest absolute Gasteiger partial charge is 0.352 e. The second kappa shape index (κ2) is 11.0. The van der Waals surface area contributed by atoms with Gasteiger partial charge in [0.25, 0.3) is 0 Å². The third-order valence-electron chi connectivity index (χ3n) is 5.09. The van der Waals surface area contributed by atoms with Crippen LogP contribution in [0.3, 0.4) is 0 Å². The highest BCUT2D eigenvalue weighted by Crippen LogP contribution is 2.17. The number of halogens is 1. The molecule has 0 aliphatic heterocycles. The normalized spacial score (nSPS) is 12.9. The van der Waals surface area contributed by atoms with Gasteiger partial charge in [-0.3, -0.25) is 9.59 Å². The van der Waals surface area contributed by atoms with Crippen molar-refractivity contribution < 1.29 is 9.59 Å². The van der Waals surface area contributed by atoms with Crippen LogP contribution in [-0.4, -0.2) is 28.8 Å². The molecule has 156 valence electrons. The van der Waals surface area contributed by atoms with Gasteiger partial charge in [-0.25, -0.2) is 0 Å². The molecule has 0 aliphatic carbocycles. The van der Waals surface area contributed by atoms with Crippen LogP contribution < -0.4 is 5.32 Å². The highest BCUT2D eigenvalue weighted by atomic mass is 35.5. The Morgan fingerprint density at radius 1 is 1.03 bits per heavy atom. The molecule has 1 N–H and O–H groups in total. The Bertz CT molecular complexity index is 820. The SMILES string of the molecule is CC[C@@H](C)NC(=O)[C@H](CC)N(Cc1ccc(Cl)cc1)C(=O)Cc1cccc(C)c1. The van der Waals surface area contributed by atoms with Crippen molar-refractivity contribution in [1.29, 1.82) is 0 Å². The first-order chi connectivity index (χ1) is 13.8. The van der Waals surface area contributed by atoms with Crippen LogP contribution in [-0.2, 0) is 22.6 Å². The van der Waals surface area contributed by atoms with Gasteiger partial charge in [0.1, 0.15) is 6.04 Å². The number of hydrogen-bond acceptors (Lipinski definition) is 2. The molecule has 0 fully saturated rings. The van der Waals surface area contributed by atoms with E-state index in [2.05, 4.69) is 5.32 Å². The highest BCUT2D eigenvalue weighted by Gasteiger charge is 2.29. The zero-order chi connectivity index (χ0) is 21.4. The van der Waals surface area contributed by atoms with Gasteiger partial charge in [-0.05, 0) is 49.9 Å². The van der Waals surface area contributed by atoms with Crippen LogP contribution in [0.15, 0.2) is 48.5 Å². The molecule has 2 atom stereocenters. The quantitative estimate of drug-likeness (QED) is 0.633. The predicted octanol–water partition coefficient (Wildman–Crippen LogP) is 4.91. The summed E-state index contributed by atoms with van der Waals surface area (Å²) in [6, 6.07) is 14.9. The Morgan fingerprint density at radius 2 is 1.72 bits per heavy atom. The molecule has 2 rings (SSSR count). The molecule has 4 nitrogen and oxygen atoms in total. The van der Waals surface area contributed by atoms with E-state index in [9.17, 15) is 9.59 Å². The first kappa shape index (κ1) is 23.0. The van der Waals surface area contributed by atoms with Gasteiger partial charge in [0.2, 0.25) is 11.8 Å². The van der Waals surface area contributed by atoms with Crippen LogP contribution in [0.1, 0.15) is 50.3 Å². The van der Waals surface area contributed by atoms with Crippen molar-refractivity contribution in [3.63, 3.8) is 0 Å². The van der Waals surface area contributed by atoms with Gasteiger partial charge in [-0.1, -0.05) is 67.4 Å². The van der Waals surface area contributed by atoms with Crippen molar-refractivity contribution in [2.45, 2.75) is 65.6 Å². The predicted molar refractivity (Wildman–Crippen MR) is 119 cm³/mol. The summed E-state index contributed by atoms with van der Waals surface area (Å²) in [4.78, 5) is 27.9. The summed E-state index contributed by atoms with van der Waals surface area (Å²) in [5, 5.41) is 3.68. The zero-order valence-electron chi connectivity index (χ0n) is 17.7. The lowest BCUT2D eigenvalue weighted by molar-refractivity contribution is -0.141. The maximum atomic E-state index is 13.3. The summed E-state index contributed by atoms with van der Waals surface area (Å²) in [6.07, 6.45) is 1.66. The van der Waals surface area contributed by atoms with Crippen LogP contribution in [0.25, 0.3) is 0 Å². The Labute approximate surface area is 179 Å². The van der Waals surface area contributed by atoms with E-state index in [0.717, 1.165) is 23.1 Å². The second-order valence-electron chi connectivity index (χ2n) is 7.56. The zero-order valence-corrected chi connectivity index (χ0v) is 18.5. The lowest BCUT2D eigenvalue weighted by Crippen LogP contribution is -2.51. The van der Waals surface area contributed by atoms with Crippen LogP contribution >= 0.6 is 11.6 Å². The van der Waals surface area contributed by atoms with E-state index in [4.69, 9.17) is 11.6 Å². The van der Waals surface area contributed by atoms with E-state index in [1.165, 1.54) is 0 Å². The van der Waals surface area contributed by atoms with Crippen molar-refractivity contribution in [3.05, 3.63) is 70.2 Å². The van der Waals surface area contributed by atoms with Crippen molar-refractivity contribution in [2.75, 3.05) is 0 Å². The van der Waals surface area contributed by atoms with Crippen molar-refractivity contribution in [2.24, 2.45) is 0 Å². The molecule has 0 unspecified atom stereocenters. The number of benzene rings is 2. The van der Waals surface area contributed by atoms with E-state index in [0.29, 0.717) is 18.0 Å². The van der Waals surface area contributed by atoms with Gasteiger partial charge in [0, 0.05) is 17.6 Å². The fourth-order valence-electron chi connectivity index (χ4n) is 3.25. The fraction of sp³-hybridized carbons (Fsp3) is 0.417. The molecule has 0 saturated heterocycles. The number of amides is 2. The molecule has 0 radical (unpaired) electrons. The molecule has 0 aromatic heterocycles. The number of nitrogens with zero attached hydrogens (tertiary/aromatic N) is 1. The van der Waals surface area contributed by atoms with E-state index < -0.39 is 6.04 Å². The molecule has 0 spiro atoms. The first-order valence-electron chi connectivity index (χ1n) is 10.2. The van der Waals surface area contributed by atoms with E-state index in [1.54, 1.807) is 17.0 Å². The van der Waals surface area contributed by atoms with E-state index in [-0.39, 0.29) is 24.3 Å². The molecule has 0 heterocycles. The Hall–Kier alpha value is -2.33. The Balaban J connectivity index is 2.28. The van der Waals surface area contributed by atoms with E-state index in [1.807, 2.05) is 64.1 Å². The van der Waals surface area contributed by atoms with Crippen molar-refractivity contribution in [1.82, 2.24) is 10.2 Å². The number of carbonyl (C=O) groups is 2. The minimum atomic E-state index is -0.517. The number of rotatable bonds is 9. The van der Waals surface area contributed by atoms with Gasteiger partial charge in [-0.15, -0.1) is 0 Å². The van der Waals surface area contributed by atoms with Crippen LogP contribution in [0.4, 0.5) is 0 Å². The van der Waals surface area contributed by atoms with E-state index >= 15 is 0 Å². The topological polar surface area (TPSA) is 49.4 Å². The second-order valence-corrected chi connectivity index (χ2v) is 7.99. The third kappa shape index (κ3) is 6.90. The van der Waals surface area contributed by atoms with Crippen molar-refractivity contribution >= 4 is 23.4 Å². The minimum Gasteiger partial charge on any atom is -0.352 e. The summed E-state index contributed by atoms with van der Waals surface area (Å²) in [5.41, 5.74) is 3.01. The summed E-state index contributed by atoms with van der Waals surface area (Å²) in [7, 11) is 0. The average Bonchev–Trinajstić information content (AvgIpc) is 2.69. The lowest BCUT2D eigenvalue weighted by atomic mass is 10.0. The van der Waals surface area contributed by atoms with Crippen LogP contribution in [0.2, 0.25) is 5.02 Å². The number of nitrogens with one attached hydrogen (secondary N) is 1. The van der Waals surface area contributed by atoms with Gasteiger partial charge in [0.15, 0.2) is 0 Å². The first-order valence-corrected chi connectivity index (χ1v) is 10.6. The number of hydrogen-bond donors (Lipinski definition) is 1. The summed E-state index contributed by atoms with van der Waals surface area (Å²) in [6.45, 7) is 8.32. The maximum absolute atomic E-state index is 13.3. The Kier molecular flexibility index (Phi) is 8.71. The molecule has 0 saturated carbocycles. The van der Waals surface area contributed by atoms with Crippen molar-refractivity contribution in [3.8, 4) is 0 Å². The standard InChI is InChI=1S/C24H31ClN2O2/c1-5-18(4)26-24(29)22(6-2)27(16-19-10-12-21(25)13-11-19)23(28)15-20-9-7-8-17(3)14-20/h7-14,18,22H,5-6,15-16H2,1-4H3,(H,26,29)/t18-,22+/m1/s1. The molecule has 0 bridgehead atoms. The molecule has 29 heavy (non-hydrogen) atoms. The molecule has 2 amide bonds. The average molecular weight is 415 g/mol. The van der Waals surface area contributed by atoms with Crippen LogP contribution in [0.5, 0.6) is 0 Å². The van der Waals surface area contributed by atoms with Gasteiger partial charge in [0.05, 0.1) is 6.42 Å². The van der Waals surface area contributed by atoms with Crippen LogP contribution in [0, 0.1) is 6.92 Å². The number of aryl methyl sites for hydroxylation is 1. The summed E-state index contributed by atoms with van der Waals surface area (Å²) < 4.78 is 0. The monoisotopic (exact) mass is 414 g/mol. The van der Waals surface area contributed by atoms with Gasteiger partial charge in [-0.2, -0.15) is 0 Å². The maximum Gasteiger partial charge on any atom is 0.243 e. The Morgan fingerprint density at radius 3 is 2.31 bits per heavy atom. The molecule has 5 heteroatoms. The lowest BCUT2D eigenvalue weighted by Gasteiger charge is -2.31. The van der Waals surface area contributed by atoms with Gasteiger partial charge >= 0.3 is 0 Å².